The zero-order valence-electron chi connectivity index (χ0n) is 21.5. The molecule has 0 aliphatic carbocycles. The summed E-state index contributed by atoms with van der Waals surface area (Å²) in [7, 11) is 3.82. The molecule has 2 aromatic carbocycles. The lowest BCUT2D eigenvalue weighted by Crippen LogP contribution is -2.35. The number of aryl methyl sites for hydroxylation is 1. The maximum absolute atomic E-state index is 13.2. The molecule has 1 aliphatic rings. The van der Waals surface area contributed by atoms with Crippen molar-refractivity contribution in [2.24, 2.45) is 0 Å². The molecule has 7 heteroatoms. The van der Waals surface area contributed by atoms with Crippen molar-refractivity contribution in [3.63, 3.8) is 0 Å². The number of likely N-dealkylation sites (N-methyl/N-ethyl adjacent to an activating group) is 1. The van der Waals surface area contributed by atoms with Crippen molar-refractivity contribution in [1.82, 2.24) is 9.80 Å². The van der Waals surface area contributed by atoms with Gasteiger partial charge in [0.25, 0.3) is 11.7 Å². The predicted molar refractivity (Wildman–Crippen MR) is 137 cm³/mol. The number of ketones is 1. The number of hydrogen-bond acceptors (Lipinski definition) is 6. The zero-order valence-corrected chi connectivity index (χ0v) is 21.5. The summed E-state index contributed by atoms with van der Waals surface area (Å²) < 4.78 is 11.6. The minimum Gasteiger partial charge on any atom is -0.507 e. The number of hydrogen-bond donors (Lipinski definition) is 1. The predicted octanol–water partition coefficient (Wildman–Crippen LogP) is 4.55. The smallest absolute Gasteiger partial charge is 0.295 e. The Kier molecular flexibility index (Phi) is 8.57. The Labute approximate surface area is 207 Å². The average Bonchev–Trinajstić information content (AvgIpc) is 3.07. The molecule has 0 aromatic heterocycles. The van der Waals surface area contributed by atoms with E-state index in [0.717, 1.165) is 17.5 Å². The molecule has 188 valence electrons. The number of nitrogens with zero attached hydrogens (tertiary/aromatic N) is 2. The summed E-state index contributed by atoms with van der Waals surface area (Å²) in [6, 6.07) is 11.9. The number of aliphatic hydroxyl groups excluding tert-OH is 1. The fraction of sp³-hybridized carbons (Fsp3) is 0.429. The lowest BCUT2D eigenvalue weighted by molar-refractivity contribution is -0.140. The summed E-state index contributed by atoms with van der Waals surface area (Å²) >= 11 is 0. The lowest BCUT2D eigenvalue weighted by Gasteiger charge is -2.27. The molecule has 3 rings (SSSR count). The molecule has 1 heterocycles. The number of carbonyl (C=O) groups excluding carboxylic acids is 2. The second kappa shape index (κ2) is 11.4. The third-order valence-electron chi connectivity index (χ3n) is 5.79. The fourth-order valence-corrected chi connectivity index (χ4v) is 4.10. The summed E-state index contributed by atoms with van der Waals surface area (Å²) in [5.74, 6) is -0.130. The van der Waals surface area contributed by atoms with Gasteiger partial charge in [-0.3, -0.25) is 9.59 Å². The Morgan fingerprint density at radius 3 is 2.51 bits per heavy atom. The van der Waals surface area contributed by atoms with E-state index in [-0.39, 0.29) is 17.4 Å². The van der Waals surface area contributed by atoms with Crippen LogP contribution < -0.4 is 9.47 Å². The van der Waals surface area contributed by atoms with Crippen LogP contribution in [-0.2, 0) is 9.59 Å². The van der Waals surface area contributed by atoms with Gasteiger partial charge in [-0.05, 0) is 82.7 Å². The number of aliphatic hydroxyl groups is 1. The third kappa shape index (κ3) is 6.03. The minimum absolute atomic E-state index is 0.0115. The van der Waals surface area contributed by atoms with E-state index < -0.39 is 17.7 Å². The standard InChI is InChI=1S/C28H36N2O5/c1-7-15-34-22-10-8-9-20(17-22)25-24(27(32)28(33)30(25)14-13-29(5)6)26(31)21-11-12-23(19(4)16-21)35-18(2)3/h8-12,16-18,25,31H,7,13-15H2,1-6H3/b26-24+. The summed E-state index contributed by atoms with van der Waals surface area (Å²) in [6.45, 7) is 9.29. The van der Waals surface area contributed by atoms with Crippen LogP contribution in [0.1, 0.15) is 49.9 Å². The molecule has 0 spiro atoms. The fourth-order valence-electron chi connectivity index (χ4n) is 4.10. The maximum atomic E-state index is 13.2. The zero-order chi connectivity index (χ0) is 25.7. The van der Waals surface area contributed by atoms with Gasteiger partial charge < -0.3 is 24.4 Å². The SMILES string of the molecule is CCCOc1cccc(C2/C(=C(\O)c3ccc(OC(C)C)c(C)c3)C(=O)C(=O)N2CCN(C)C)c1. The topological polar surface area (TPSA) is 79.3 Å². The first-order valence-electron chi connectivity index (χ1n) is 12.1. The van der Waals surface area contributed by atoms with Crippen molar-refractivity contribution >= 4 is 17.4 Å². The molecule has 1 aliphatic heterocycles. The summed E-state index contributed by atoms with van der Waals surface area (Å²) in [6.07, 6.45) is 0.874. The van der Waals surface area contributed by atoms with Crippen molar-refractivity contribution in [1.29, 1.82) is 0 Å². The van der Waals surface area contributed by atoms with Gasteiger partial charge in [-0.1, -0.05) is 19.1 Å². The summed E-state index contributed by atoms with van der Waals surface area (Å²) in [4.78, 5) is 29.8. The van der Waals surface area contributed by atoms with Crippen LogP contribution in [0.5, 0.6) is 11.5 Å². The molecule has 1 atom stereocenters. The number of ether oxygens (including phenoxy) is 2. The van der Waals surface area contributed by atoms with Gasteiger partial charge in [0.1, 0.15) is 17.3 Å². The molecular weight excluding hydrogens is 444 g/mol. The van der Waals surface area contributed by atoms with Gasteiger partial charge in [0.2, 0.25) is 0 Å². The van der Waals surface area contributed by atoms with Crippen LogP contribution in [0.3, 0.4) is 0 Å². The minimum atomic E-state index is -0.716. The van der Waals surface area contributed by atoms with E-state index in [2.05, 4.69) is 0 Å². The van der Waals surface area contributed by atoms with E-state index in [0.29, 0.717) is 36.8 Å². The van der Waals surface area contributed by atoms with Gasteiger partial charge in [-0.2, -0.15) is 0 Å². The van der Waals surface area contributed by atoms with Gasteiger partial charge in [-0.25, -0.2) is 0 Å². The Balaban J connectivity index is 2.11. The number of Topliss-reactive ketones (excluding diaryl/α,β-unsaturated/α-hetero) is 1. The number of benzene rings is 2. The van der Waals surface area contributed by atoms with Crippen molar-refractivity contribution in [3.05, 3.63) is 64.7 Å². The molecular formula is C28H36N2O5. The largest absolute Gasteiger partial charge is 0.507 e. The second-order valence-electron chi connectivity index (χ2n) is 9.36. The van der Waals surface area contributed by atoms with Gasteiger partial charge in [0.05, 0.1) is 24.3 Å². The van der Waals surface area contributed by atoms with E-state index in [1.54, 1.807) is 18.2 Å². The van der Waals surface area contributed by atoms with Crippen molar-refractivity contribution < 1.29 is 24.2 Å². The Morgan fingerprint density at radius 2 is 1.89 bits per heavy atom. The lowest BCUT2D eigenvalue weighted by atomic mass is 9.94. The molecule has 1 amide bonds. The monoisotopic (exact) mass is 480 g/mol. The van der Waals surface area contributed by atoms with Gasteiger partial charge in [0, 0.05) is 18.7 Å². The quantitative estimate of drug-likeness (QED) is 0.305. The highest BCUT2D eigenvalue weighted by Crippen LogP contribution is 2.40. The molecule has 2 aromatic rings. The van der Waals surface area contributed by atoms with Crippen LogP contribution in [0.4, 0.5) is 0 Å². The van der Waals surface area contributed by atoms with E-state index in [1.807, 2.05) is 71.0 Å². The Bertz CT molecular complexity index is 1110. The first kappa shape index (κ1) is 26.3. The van der Waals surface area contributed by atoms with Crippen LogP contribution in [-0.4, -0.2) is 66.5 Å². The van der Waals surface area contributed by atoms with Crippen LogP contribution >= 0.6 is 0 Å². The molecule has 35 heavy (non-hydrogen) atoms. The maximum Gasteiger partial charge on any atom is 0.295 e. The number of amides is 1. The van der Waals surface area contributed by atoms with E-state index in [9.17, 15) is 14.7 Å². The highest BCUT2D eigenvalue weighted by molar-refractivity contribution is 6.46. The molecule has 0 saturated carbocycles. The highest BCUT2D eigenvalue weighted by Gasteiger charge is 2.46. The second-order valence-corrected chi connectivity index (χ2v) is 9.36. The number of carbonyl (C=O) groups is 2. The molecule has 0 bridgehead atoms. The molecule has 1 saturated heterocycles. The summed E-state index contributed by atoms with van der Waals surface area (Å²) in [5, 5.41) is 11.3. The van der Waals surface area contributed by atoms with Crippen LogP contribution in [0.15, 0.2) is 48.0 Å². The molecule has 7 nitrogen and oxygen atoms in total. The number of likely N-dealkylation sites (tertiary alicyclic amines) is 1. The average molecular weight is 481 g/mol. The molecule has 1 N–H and O–H groups in total. The third-order valence-corrected chi connectivity index (χ3v) is 5.79. The van der Waals surface area contributed by atoms with E-state index in [1.165, 1.54) is 4.90 Å². The van der Waals surface area contributed by atoms with Crippen molar-refractivity contribution in [3.8, 4) is 11.5 Å². The molecule has 0 radical (unpaired) electrons. The van der Waals surface area contributed by atoms with Gasteiger partial charge >= 0.3 is 0 Å². The Hall–Kier alpha value is -3.32. The van der Waals surface area contributed by atoms with Crippen molar-refractivity contribution in [2.45, 2.75) is 46.3 Å². The first-order valence-corrected chi connectivity index (χ1v) is 12.1. The van der Waals surface area contributed by atoms with E-state index >= 15 is 0 Å². The molecule has 1 unspecified atom stereocenters. The summed E-state index contributed by atoms with van der Waals surface area (Å²) in [5.41, 5.74) is 2.09. The highest BCUT2D eigenvalue weighted by atomic mass is 16.5. The van der Waals surface area contributed by atoms with E-state index in [4.69, 9.17) is 9.47 Å². The van der Waals surface area contributed by atoms with Gasteiger partial charge in [0.15, 0.2) is 0 Å². The van der Waals surface area contributed by atoms with Gasteiger partial charge in [-0.15, -0.1) is 0 Å². The van der Waals surface area contributed by atoms with Crippen LogP contribution in [0.25, 0.3) is 5.76 Å². The number of rotatable bonds is 10. The van der Waals surface area contributed by atoms with Crippen LogP contribution in [0, 0.1) is 6.92 Å². The Morgan fingerprint density at radius 1 is 1.14 bits per heavy atom. The van der Waals surface area contributed by atoms with Crippen LogP contribution in [0.2, 0.25) is 0 Å². The normalized spacial score (nSPS) is 17.5. The first-order chi connectivity index (χ1) is 16.6. The molecule has 1 fully saturated rings. The van der Waals surface area contributed by atoms with Crippen molar-refractivity contribution in [2.75, 3.05) is 33.8 Å².